The van der Waals surface area contributed by atoms with Crippen LogP contribution in [-0.2, 0) is 11.2 Å². The third-order valence-electron chi connectivity index (χ3n) is 2.84. The molecule has 0 radical (unpaired) electrons. The highest BCUT2D eigenvalue weighted by Gasteiger charge is 2.15. The van der Waals surface area contributed by atoms with E-state index in [1.165, 1.54) is 24.8 Å². The van der Waals surface area contributed by atoms with E-state index in [1.54, 1.807) is 7.11 Å². The molecule has 2 nitrogen and oxygen atoms in total. The van der Waals surface area contributed by atoms with Gasteiger partial charge in [0, 0.05) is 12.6 Å². The number of methoxy groups -OCH3 is 1. The van der Waals surface area contributed by atoms with Crippen molar-refractivity contribution in [1.82, 2.24) is 5.32 Å². The summed E-state index contributed by atoms with van der Waals surface area (Å²) in [6.07, 6.45) is 3.62. The molecule has 17 heavy (non-hydrogen) atoms. The fourth-order valence-corrected chi connectivity index (χ4v) is 1.94. The van der Waals surface area contributed by atoms with E-state index in [-0.39, 0.29) is 5.54 Å². The summed E-state index contributed by atoms with van der Waals surface area (Å²) in [5.74, 6) is 0. The highest BCUT2D eigenvalue weighted by Crippen LogP contribution is 2.06. The smallest absolute Gasteiger partial charge is 0.0639 e. The molecule has 0 fully saturated rings. The lowest BCUT2D eigenvalue weighted by molar-refractivity contribution is 0.128. The van der Waals surface area contributed by atoms with Crippen LogP contribution in [0.15, 0.2) is 30.3 Å². The first-order valence-electron chi connectivity index (χ1n) is 6.42. The predicted octanol–water partition coefficient (Wildman–Crippen LogP) is 3.02. The van der Waals surface area contributed by atoms with Crippen LogP contribution in [-0.4, -0.2) is 25.8 Å². The minimum absolute atomic E-state index is 0.0848. The molecule has 2 heteroatoms. The van der Waals surface area contributed by atoms with E-state index in [0.29, 0.717) is 0 Å². The van der Waals surface area contributed by atoms with Crippen LogP contribution >= 0.6 is 0 Å². The van der Waals surface area contributed by atoms with E-state index in [4.69, 9.17) is 4.74 Å². The maximum atomic E-state index is 5.17. The van der Waals surface area contributed by atoms with Crippen molar-refractivity contribution in [2.45, 2.75) is 38.6 Å². The Morgan fingerprint density at radius 3 is 2.47 bits per heavy atom. The van der Waals surface area contributed by atoms with Crippen molar-refractivity contribution in [3.63, 3.8) is 0 Å². The lowest BCUT2D eigenvalue weighted by atomic mass is 10.1. The topological polar surface area (TPSA) is 21.3 Å². The fourth-order valence-electron chi connectivity index (χ4n) is 1.94. The average Bonchev–Trinajstić information content (AvgIpc) is 2.30. The maximum Gasteiger partial charge on any atom is 0.0639 e. The number of unbranched alkanes of at least 4 members (excludes halogenated alkanes) is 1. The maximum absolute atomic E-state index is 5.17. The molecule has 0 bridgehead atoms. The number of nitrogens with one attached hydrogen (secondary N) is 1. The van der Waals surface area contributed by atoms with Crippen molar-refractivity contribution < 1.29 is 4.74 Å². The van der Waals surface area contributed by atoms with Crippen LogP contribution in [0, 0.1) is 0 Å². The first-order valence-corrected chi connectivity index (χ1v) is 6.42. The number of ether oxygens (including phenoxy) is 1. The monoisotopic (exact) mass is 235 g/mol. The molecule has 0 heterocycles. The number of rotatable bonds is 8. The van der Waals surface area contributed by atoms with E-state index < -0.39 is 0 Å². The Morgan fingerprint density at radius 2 is 1.82 bits per heavy atom. The Kier molecular flexibility index (Phi) is 6.23. The third-order valence-corrected chi connectivity index (χ3v) is 2.84. The van der Waals surface area contributed by atoms with E-state index in [0.717, 1.165) is 13.2 Å². The van der Waals surface area contributed by atoms with E-state index in [1.807, 2.05) is 0 Å². The second kappa shape index (κ2) is 7.46. The minimum Gasteiger partial charge on any atom is -0.383 e. The highest BCUT2D eigenvalue weighted by atomic mass is 16.5. The SMILES string of the molecule is COCC(C)(C)NCCCCc1ccccc1. The quantitative estimate of drug-likeness (QED) is 0.699. The van der Waals surface area contributed by atoms with Gasteiger partial charge in [0.25, 0.3) is 0 Å². The molecular weight excluding hydrogens is 210 g/mol. The molecule has 0 aromatic heterocycles. The van der Waals surface area contributed by atoms with Crippen LogP contribution < -0.4 is 5.32 Å². The lowest BCUT2D eigenvalue weighted by Gasteiger charge is -2.25. The first-order chi connectivity index (χ1) is 8.14. The number of benzene rings is 1. The van der Waals surface area contributed by atoms with Crippen LogP contribution in [0.2, 0.25) is 0 Å². The normalized spacial score (nSPS) is 11.7. The zero-order valence-electron chi connectivity index (χ0n) is 11.3. The average molecular weight is 235 g/mol. The summed E-state index contributed by atoms with van der Waals surface area (Å²) in [6, 6.07) is 10.7. The Bertz CT molecular complexity index is 295. The van der Waals surface area contributed by atoms with Crippen LogP contribution in [0.1, 0.15) is 32.3 Å². The predicted molar refractivity (Wildman–Crippen MR) is 73.3 cm³/mol. The molecule has 1 rings (SSSR count). The second-order valence-electron chi connectivity index (χ2n) is 5.19. The van der Waals surface area contributed by atoms with Gasteiger partial charge in [-0.25, -0.2) is 0 Å². The van der Waals surface area contributed by atoms with Crippen LogP contribution in [0.5, 0.6) is 0 Å². The van der Waals surface area contributed by atoms with Gasteiger partial charge in [0.05, 0.1) is 6.61 Å². The molecule has 1 N–H and O–H groups in total. The van der Waals surface area contributed by atoms with Crippen molar-refractivity contribution >= 4 is 0 Å². The molecule has 0 unspecified atom stereocenters. The molecule has 0 aliphatic carbocycles. The Labute approximate surface area is 105 Å². The summed E-state index contributed by atoms with van der Waals surface area (Å²) >= 11 is 0. The van der Waals surface area contributed by atoms with Crippen molar-refractivity contribution in [3.8, 4) is 0 Å². The molecule has 0 aliphatic rings. The van der Waals surface area contributed by atoms with Gasteiger partial charge >= 0.3 is 0 Å². The van der Waals surface area contributed by atoms with Crippen molar-refractivity contribution in [2.24, 2.45) is 0 Å². The molecule has 0 atom stereocenters. The number of hydrogen-bond acceptors (Lipinski definition) is 2. The van der Waals surface area contributed by atoms with Crippen LogP contribution in [0.3, 0.4) is 0 Å². The van der Waals surface area contributed by atoms with Gasteiger partial charge in [-0.3, -0.25) is 0 Å². The molecule has 0 saturated heterocycles. The highest BCUT2D eigenvalue weighted by molar-refractivity contribution is 5.14. The molecule has 0 amide bonds. The summed E-state index contributed by atoms with van der Waals surface area (Å²) in [5, 5.41) is 3.52. The largest absolute Gasteiger partial charge is 0.383 e. The zero-order valence-corrected chi connectivity index (χ0v) is 11.3. The summed E-state index contributed by atoms with van der Waals surface area (Å²) in [5.41, 5.74) is 1.52. The summed E-state index contributed by atoms with van der Waals surface area (Å²) < 4.78 is 5.17. The van der Waals surface area contributed by atoms with Gasteiger partial charge in [-0.2, -0.15) is 0 Å². The lowest BCUT2D eigenvalue weighted by Crippen LogP contribution is -2.43. The summed E-state index contributed by atoms with van der Waals surface area (Å²) in [6.45, 7) is 6.16. The number of hydrogen-bond donors (Lipinski definition) is 1. The second-order valence-corrected chi connectivity index (χ2v) is 5.19. The van der Waals surface area contributed by atoms with Gasteiger partial charge in [0.2, 0.25) is 0 Å². The molecular formula is C15H25NO. The van der Waals surface area contributed by atoms with Gasteiger partial charge in [0.1, 0.15) is 0 Å². The van der Waals surface area contributed by atoms with Crippen molar-refractivity contribution in [3.05, 3.63) is 35.9 Å². The standard InChI is InChI=1S/C15H25NO/c1-15(2,13-17-3)16-12-8-7-11-14-9-5-4-6-10-14/h4-6,9-10,16H,7-8,11-13H2,1-3H3. The molecule has 0 spiro atoms. The number of aryl methyl sites for hydroxylation is 1. The zero-order chi connectivity index (χ0) is 12.6. The molecule has 0 saturated carbocycles. The minimum atomic E-state index is 0.0848. The van der Waals surface area contributed by atoms with Crippen LogP contribution in [0.25, 0.3) is 0 Å². The Morgan fingerprint density at radius 1 is 1.12 bits per heavy atom. The van der Waals surface area contributed by atoms with E-state index in [9.17, 15) is 0 Å². The van der Waals surface area contributed by atoms with E-state index in [2.05, 4.69) is 49.5 Å². The van der Waals surface area contributed by atoms with Gasteiger partial charge in [-0.15, -0.1) is 0 Å². The fraction of sp³-hybridized carbons (Fsp3) is 0.600. The third kappa shape index (κ3) is 6.44. The molecule has 1 aromatic carbocycles. The molecule has 0 aliphatic heterocycles. The van der Waals surface area contributed by atoms with Crippen LogP contribution in [0.4, 0.5) is 0 Å². The van der Waals surface area contributed by atoms with Crippen molar-refractivity contribution in [1.29, 1.82) is 0 Å². The molecule has 96 valence electrons. The molecule has 1 aromatic rings. The van der Waals surface area contributed by atoms with Crippen molar-refractivity contribution in [2.75, 3.05) is 20.3 Å². The first kappa shape index (κ1) is 14.2. The Hall–Kier alpha value is -0.860. The van der Waals surface area contributed by atoms with Gasteiger partial charge in [-0.05, 0) is 45.2 Å². The van der Waals surface area contributed by atoms with Gasteiger partial charge in [0.15, 0.2) is 0 Å². The summed E-state index contributed by atoms with van der Waals surface area (Å²) in [7, 11) is 1.75. The van der Waals surface area contributed by atoms with Gasteiger partial charge < -0.3 is 10.1 Å². The Balaban J connectivity index is 2.09. The summed E-state index contributed by atoms with van der Waals surface area (Å²) in [4.78, 5) is 0. The van der Waals surface area contributed by atoms with E-state index >= 15 is 0 Å². The van der Waals surface area contributed by atoms with Gasteiger partial charge in [-0.1, -0.05) is 30.3 Å².